The van der Waals surface area contributed by atoms with E-state index < -0.39 is 11.7 Å². The van der Waals surface area contributed by atoms with Crippen molar-refractivity contribution in [3.05, 3.63) is 135 Å². The van der Waals surface area contributed by atoms with Crippen LogP contribution in [0.15, 0.2) is 101 Å². The first kappa shape index (κ1) is 27.0. The molecule has 1 unspecified atom stereocenters. The Balaban J connectivity index is 1.38. The molecule has 2 aliphatic rings. The van der Waals surface area contributed by atoms with E-state index in [1.807, 2.05) is 31.3 Å². The second-order valence-corrected chi connectivity index (χ2v) is 10.7. The quantitative estimate of drug-likeness (QED) is 0.270. The summed E-state index contributed by atoms with van der Waals surface area (Å²) < 4.78 is 39.3. The first-order chi connectivity index (χ1) is 18.8. The maximum Gasteiger partial charge on any atom is 0.338 e. The van der Waals surface area contributed by atoms with E-state index in [1.165, 1.54) is 29.8 Å². The van der Waals surface area contributed by atoms with E-state index in [1.54, 1.807) is 30.3 Å². The van der Waals surface area contributed by atoms with Gasteiger partial charge in [-0.3, -0.25) is 0 Å². The number of halogens is 3. The first-order valence-corrected chi connectivity index (χ1v) is 13.6. The highest BCUT2D eigenvalue weighted by Gasteiger charge is 2.36. The van der Waals surface area contributed by atoms with E-state index in [0.29, 0.717) is 12.2 Å². The van der Waals surface area contributed by atoms with Crippen LogP contribution in [0.3, 0.4) is 0 Å². The molecule has 0 radical (unpaired) electrons. The maximum absolute atomic E-state index is 13.4. The number of hydrogen-bond donors (Lipinski definition) is 1. The van der Waals surface area contributed by atoms with Crippen LogP contribution in [-0.2, 0) is 22.7 Å². The molecule has 0 aromatic heterocycles. The molecule has 1 N–H and O–H groups in total. The van der Waals surface area contributed by atoms with E-state index in [9.17, 15) is 13.6 Å². The van der Waals surface area contributed by atoms with Crippen LogP contribution < -0.4 is 5.32 Å². The summed E-state index contributed by atoms with van der Waals surface area (Å²) in [6, 6.07) is 19.7. The van der Waals surface area contributed by atoms with Crippen LogP contribution in [-0.4, -0.2) is 11.7 Å². The minimum atomic E-state index is -0.803. The molecule has 1 aliphatic heterocycles. The van der Waals surface area contributed by atoms with Crippen molar-refractivity contribution in [1.82, 2.24) is 5.32 Å². The Morgan fingerprint density at radius 3 is 2.26 bits per heavy atom. The van der Waals surface area contributed by atoms with Gasteiger partial charge in [-0.25, -0.2) is 13.6 Å². The van der Waals surface area contributed by atoms with Gasteiger partial charge in [-0.2, -0.15) is 0 Å². The summed E-state index contributed by atoms with van der Waals surface area (Å²) >= 11 is 3.60. The summed E-state index contributed by atoms with van der Waals surface area (Å²) in [5.41, 5.74) is 5.56. The second-order valence-electron chi connectivity index (χ2n) is 9.77. The number of carbonyl (C=O) groups excluding carboxylic acids is 1. The third-order valence-electron chi connectivity index (χ3n) is 7.00. The molecule has 4 nitrogen and oxygen atoms in total. The lowest BCUT2D eigenvalue weighted by Gasteiger charge is -2.37. The van der Waals surface area contributed by atoms with Crippen LogP contribution >= 0.6 is 15.9 Å². The Morgan fingerprint density at radius 1 is 0.923 bits per heavy atom. The van der Waals surface area contributed by atoms with Crippen LogP contribution in [0.4, 0.5) is 8.78 Å². The fraction of sp³-hybridized carbons (Fsp3) is 0.219. The van der Waals surface area contributed by atoms with Gasteiger partial charge in [-0.05, 0) is 112 Å². The molecule has 0 saturated heterocycles. The van der Waals surface area contributed by atoms with Gasteiger partial charge in [-0.15, -0.1) is 0 Å². The van der Waals surface area contributed by atoms with Gasteiger partial charge in [0.15, 0.2) is 5.72 Å². The Labute approximate surface area is 235 Å². The average molecular weight is 592 g/mol. The molecular formula is C32H28BrF2NO3. The fourth-order valence-corrected chi connectivity index (χ4v) is 5.25. The van der Waals surface area contributed by atoms with Crippen LogP contribution in [0.25, 0.3) is 5.57 Å². The zero-order valence-corrected chi connectivity index (χ0v) is 23.1. The molecule has 3 aromatic rings. The number of ether oxygens (including phenoxy) is 2. The summed E-state index contributed by atoms with van der Waals surface area (Å²) in [7, 11) is 0. The topological polar surface area (TPSA) is 47.6 Å². The molecule has 0 amide bonds. The number of rotatable bonds is 8. The molecular weight excluding hydrogens is 564 g/mol. The van der Waals surface area contributed by atoms with Gasteiger partial charge in [0.1, 0.15) is 18.2 Å². The number of dihydropyridines is 1. The number of carbonyl (C=O) groups is 1. The fourth-order valence-electron chi connectivity index (χ4n) is 4.91. The number of allylic oxidation sites excluding steroid dienone is 3. The van der Waals surface area contributed by atoms with E-state index in [0.717, 1.165) is 51.6 Å². The Kier molecular flexibility index (Phi) is 8.10. The van der Waals surface area contributed by atoms with Crippen molar-refractivity contribution in [2.75, 3.05) is 0 Å². The van der Waals surface area contributed by atoms with Crippen molar-refractivity contribution in [2.24, 2.45) is 0 Å². The molecule has 1 heterocycles. The summed E-state index contributed by atoms with van der Waals surface area (Å²) in [6.45, 7) is 2.37. The van der Waals surface area contributed by atoms with Crippen molar-refractivity contribution in [1.29, 1.82) is 0 Å². The highest BCUT2D eigenvalue weighted by atomic mass is 79.9. The summed E-state index contributed by atoms with van der Waals surface area (Å²) in [5.74, 6) is -1.05. The Bertz CT molecular complexity index is 1460. The van der Waals surface area contributed by atoms with Gasteiger partial charge in [0.25, 0.3) is 0 Å². The molecule has 0 fully saturated rings. The molecule has 0 bridgehead atoms. The summed E-state index contributed by atoms with van der Waals surface area (Å²) in [5, 5.41) is 3.39. The van der Waals surface area contributed by atoms with Gasteiger partial charge < -0.3 is 14.8 Å². The lowest BCUT2D eigenvalue weighted by atomic mass is 9.89. The molecule has 3 aromatic carbocycles. The van der Waals surface area contributed by atoms with Gasteiger partial charge in [0.2, 0.25) is 0 Å². The predicted molar refractivity (Wildman–Crippen MR) is 151 cm³/mol. The van der Waals surface area contributed by atoms with Crippen molar-refractivity contribution < 1.29 is 23.0 Å². The molecule has 1 atom stereocenters. The first-order valence-electron chi connectivity index (χ1n) is 12.8. The van der Waals surface area contributed by atoms with Crippen LogP contribution in [0.2, 0.25) is 0 Å². The SMILES string of the molecule is CC1(OCc2ccc(F)cc2)NC=C(Br)C=C1C1=C(c2cccc(C(=O)OCc3ccc(F)cc3)c2)CCC1. The van der Waals surface area contributed by atoms with Crippen LogP contribution in [0, 0.1) is 11.6 Å². The minimum Gasteiger partial charge on any atom is -0.457 e. The maximum atomic E-state index is 13.4. The van der Waals surface area contributed by atoms with Crippen molar-refractivity contribution in [2.45, 2.75) is 45.1 Å². The summed E-state index contributed by atoms with van der Waals surface area (Å²) in [6.07, 6.45) is 6.66. The third kappa shape index (κ3) is 6.37. The van der Waals surface area contributed by atoms with E-state index >= 15 is 0 Å². The standard InChI is InChI=1S/C32H28BrF2NO3/c1-32(39-20-22-10-14-27(35)15-11-22)30(17-25(33)18-36-32)29-7-3-6-28(29)23-4-2-5-24(16-23)31(37)38-19-21-8-12-26(34)13-9-21/h2,4-5,8-18,36H,3,6-7,19-20H2,1H3. The van der Waals surface area contributed by atoms with Gasteiger partial charge in [0, 0.05) is 16.3 Å². The number of hydrogen-bond acceptors (Lipinski definition) is 4. The molecule has 7 heteroatoms. The second kappa shape index (κ2) is 11.7. The van der Waals surface area contributed by atoms with E-state index in [2.05, 4.69) is 27.3 Å². The van der Waals surface area contributed by atoms with Crippen molar-refractivity contribution in [3.8, 4) is 0 Å². The molecule has 0 spiro atoms. The Hall–Kier alpha value is -3.55. The average Bonchev–Trinajstić information content (AvgIpc) is 3.43. The van der Waals surface area contributed by atoms with Gasteiger partial charge in [0.05, 0.1) is 12.2 Å². The zero-order chi connectivity index (χ0) is 27.4. The lowest BCUT2D eigenvalue weighted by Crippen LogP contribution is -2.46. The van der Waals surface area contributed by atoms with Gasteiger partial charge in [-0.1, -0.05) is 36.4 Å². The lowest BCUT2D eigenvalue weighted by molar-refractivity contribution is -0.0303. The minimum absolute atomic E-state index is 0.0694. The van der Waals surface area contributed by atoms with E-state index in [-0.39, 0.29) is 18.2 Å². The molecule has 200 valence electrons. The van der Waals surface area contributed by atoms with Crippen molar-refractivity contribution >= 4 is 27.5 Å². The summed E-state index contributed by atoms with van der Waals surface area (Å²) in [4.78, 5) is 12.8. The molecule has 39 heavy (non-hydrogen) atoms. The molecule has 5 rings (SSSR count). The highest BCUT2D eigenvalue weighted by Crippen LogP contribution is 2.43. The van der Waals surface area contributed by atoms with Crippen LogP contribution in [0.5, 0.6) is 0 Å². The van der Waals surface area contributed by atoms with Crippen LogP contribution in [0.1, 0.15) is 53.2 Å². The number of nitrogens with one attached hydrogen (secondary N) is 1. The monoisotopic (exact) mass is 591 g/mol. The zero-order valence-electron chi connectivity index (χ0n) is 21.5. The molecule has 1 aliphatic carbocycles. The third-order valence-corrected chi connectivity index (χ3v) is 7.45. The molecule has 0 saturated carbocycles. The largest absolute Gasteiger partial charge is 0.457 e. The van der Waals surface area contributed by atoms with Crippen molar-refractivity contribution in [3.63, 3.8) is 0 Å². The Morgan fingerprint density at radius 2 is 1.56 bits per heavy atom. The predicted octanol–water partition coefficient (Wildman–Crippen LogP) is 7.96. The number of esters is 1. The number of benzene rings is 3. The van der Waals surface area contributed by atoms with E-state index in [4.69, 9.17) is 9.47 Å². The van der Waals surface area contributed by atoms with Gasteiger partial charge >= 0.3 is 5.97 Å². The highest BCUT2D eigenvalue weighted by molar-refractivity contribution is 9.11. The smallest absolute Gasteiger partial charge is 0.338 e. The normalized spacial score (nSPS) is 18.9.